The zero-order valence-corrected chi connectivity index (χ0v) is 8.36. The maximum absolute atomic E-state index is 5.82. The van der Waals surface area contributed by atoms with Gasteiger partial charge in [0.25, 0.3) is 0 Å². The lowest BCUT2D eigenvalue weighted by atomic mass is 10.0. The van der Waals surface area contributed by atoms with Crippen molar-refractivity contribution in [3.63, 3.8) is 0 Å². The SMILES string of the molecule is C1=C\CCC(c2ccccc2)OCC/1. The van der Waals surface area contributed by atoms with E-state index in [2.05, 4.69) is 36.4 Å². The van der Waals surface area contributed by atoms with Crippen molar-refractivity contribution >= 4 is 0 Å². The van der Waals surface area contributed by atoms with Crippen LogP contribution in [-0.4, -0.2) is 6.61 Å². The highest BCUT2D eigenvalue weighted by Crippen LogP contribution is 2.24. The normalized spacial score (nSPS) is 25.0. The van der Waals surface area contributed by atoms with Crippen molar-refractivity contribution in [2.24, 2.45) is 0 Å². The highest BCUT2D eigenvalue weighted by molar-refractivity contribution is 5.17. The summed E-state index contributed by atoms with van der Waals surface area (Å²) in [4.78, 5) is 0. The largest absolute Gasteiger partial charge is 0.373 e. The van der Waals surface area contributed by atoms with E-state index >= 15 is 0 Å². The molecule has 1 heterocycles. The van der Waals surface area contributed by atoms with Crippen molar-refractivity contribution < 1.29 is 4.74 Å². The van der Waals surface area contributed by atoms with Gasteiger partial charge in [-0.2, -0.15) is 0 Å². The Morgan fingerprint density at radius 1 is 1.00 bits per heavy atom. The molecule has 0 aromatic heterocycles. The average molecular weight is 188 g/mol. The Morgan fingerprint density at radius 3 is 2.64 bits per heavy atom. The monoisotopic (exact) mass is 188 g/mol. The van der Waals surface area contributed by atoms with E-state index in [-0.39, 0.29) is 0 Å². The van der Waals surface area contributed by atoms with E-state index in [1.165, 1.54) is 5.56 Å². The maximum atomic E-state index is 5.82. The third kappa shape index (κ3) is 2.46. The third-order valence-electron chi connectivity index (χ3n) is 2.54. The van der Waals surface area contributed by atoms with Gasteiger partial charge in [0.2, 0.25) is 0 Å². The minimum absolute atomic E-state index is 0.293. The van der Waals surface area contributed by atoms with Crippen LogP contribution in [0.1, 0.15) is 30.9 Å². The third-order valence-corrected chi connectivity index (χ3v) is 2.54. The molecule has 0 fully saturated rings. The molecule has 0 amide bonds. The maximum Gasteiger partial charge on any atom is 0.0828 e. The molecule has 0 aliphatic carbocycles. The molecule has 1 heteroatoms. The second-order valence-corrected chi connectivity index (χ2v) is 3.61. The van der Waals surface area contributed by atoms with Gasteiger partial charge in [-0.15, -0.1) is 0 Å². The molecule has 0 N–H and O–H groups in total. The fourth-order valence-electron chi connectivity index (χ4n) is 1.78. The molecule has 0 radical (unpaired) electrons. The summed E-state index contributed by atoms with van der Waals surface area (Å²) in [7, 11) is 0. The predicted octanol–water partition coefficient (Wildman–Crippen LogP) is 3.48. The summed E-state index contributed by atoms with van der Waals surface area (Å²) in [6.07, 6.45) is 8.03. The molecular formula is C13H16O. The summed E-state index contributed by atoms with van der Waals surface area (Å²) in [5.74, 6) is 0. The zero-order valence-electron chi connectivity index (χ0n) is 8.36. The fraction of sp³-hybridized carbons (Fsp3) is 0.385. The molecule has 0 bridgehead atoms. The van der Waals surface area contributed by atoms with Gasteiger partial charge in [0.1, 0.15) is 0 Å². The first-order valence-electron chi connectivity index (χ1n) is 5.28. The van der Waals surface area contributed by atoms with E-state index in [9.17, 15) is 0 Å². The van der Waals surface area contributed by atoms with Gasteiger partial charge in [-0.05, 0) is 24.8 Å². The van der Waals surface area contributed by atoms with Gasteiger partial charge in [0.05, 0.1) is 12.7 Å². The quantitative estimate of drug-likeness (QED) is 0.613. The summed E-state index contributed by atoms with van der Waals surface area (Å²) in [6, 6.07) is 10.5. The molecule has 1 nitrogen and oxygen atoms in total. The lowest BCUT2D eigenvalue weighted by molar-refractivity contribution is 0.0484. The Labute approximate surface area is 85.4 Å². The molecule has 1 aromatic carbocycles. The molecule has 74 valence electrons. The Kier molecular flexibility index (Phi) is 3.36. The number of ether oxygens (including phenoxy) is 1. The number of hydrogen-bond acceptors (Lipinski definition) is 1. The van der Waals surface area contributed by atoms with E-state index in [1.807, 2.05) is 6.07 Å². The van der Waals surface area contributed by atoms with Crippen LogP contribution < -0.4 is 0 Å². The standard InChI is InChI=1S/C13H16O/c1-2-7-11-14-13(10-6-1)12-8-4-3-5-9-12/h1-5,8-9,13H,6-7,10-11H2/b2-1-. The summed E-state index contributed by atoms with van der Waals surface area (Å²) < 4.78 is 5.82. The average Bonchev–Trinajstić information content (AvgIpc) is 2.18. The Hall–Kier alpha value is -1.08. The number of benzene rings is 1. The van der Waals surface area contributed by atoms with Gasteiger partial charge in [0.15, 0.2) is 0 Å². The van der Waals surface area contributed by atoms with E-state index in [1.54, 1.807) is 0 Å². The number of rotatable bonds is 1. The van der Waals surface area contributed by atoms with Crippen LogP contribution in [-0.2, 0) is 4.74 Å². The van der Waals surface area contributed by atoms with Crippen LogP contribution in [0.2, 0.25) is 0 Å². The summed E-state index contributed by atoms with van der Waals surface area (Å²) in [5.41, 5.74) is 1.31. The van der Waals surface area contributed by atoms with E-state index in [4.69, 9.17) is 4.74 Å². The first-order chi connectivity index (χ1) is 6.97. The van der Waals surface area contributed by atoms with Crippen molar-refractivity contribution in [2.75, 3.05) is 6.61 Å². The van der Waals surface area contributed by atoms with Gasteiger partial charge < -0.3 is 4.74 Å². The molecule has 0 saturated heterocycles. The van der Waals surface area contributed by atoms with E-state index in [0.717, 1.165) is 25.9 Å². The van der Waals surface area contributed by atoms with Gasteiger partial charge in [-0.3, -0.25) is 0 Å². The molecule has 1 aromatic rings. The highest BCUT2D eigenvalue weighted by atomic mass is 16.5. The molecule has 1 unspecified atom stereocenters. The van der Waals surface area contributed by atoms with Crippen LogP contribution in [0.4, 0.5) is 0 Å². The van der Waals surface area contributed by atoms with Gasteiger partial charge in [-0.1, -0.05) is 42.5 Å². The summed E-state index contributed by atoms with van der Waals surface area (Å²) in [6.45, 7) is 0.843. The summed E-state index contributed by atoms with van der Waals surface area (Å²) >= 11 is 0. The van der Waals surface area contributed by atoms with Crippen LogP contribution in [0.3, 0.4) is 0 Å². The van der Waals surface area contributed by atoms with Crippen LogP contribution in [0.25, 0.3) is 0 Å². The molecule has 1 aliphatic rings. The van der Waals surface area contributed by atoms with E-state index < -0.39 is 0 Å². The first-order valence-corrected chi connectivity index (χ1v) is 5.28. The smallest absolute Gasteiger partial charge is 0.0828 e. The lowest BCUT2D eigenvalue weighted by Crippen LogP contribution is -2.06. The van der Waals surface area contributed by atoms with Crippen LogP contribution >= 0.6 is 0 Å². The molecule has 0 spiro atoms. The Morgan fingerprint density at radius 2 is 1.79 bits per heavy atom. The zero-order chi connectivity index (χ0) is 9.64. The lowest BCUT2D eigenvalue weighted by Gasteiger charge is -2.18. The topological polar surface area (TPSA) is 9.23 Å². The minimum atomic E-state index is 0.293. The molecule has 1 atom stereocenters. The minimum Gasteiger partial charge on any atom is -0.373 e. The molecule has 0 saturated carbocycles. The van der Waals surface area contributed by atoms with Gasteiger partial charge in [0, 0.05) is 0 Å². The van der Waals surface area contributed by atoms with Crippen LogP contribution in [0.5, 0.6) is 0 Å². The van der Waals surface area contributed by atoms with Crippen LogP contribution in [0.15, 0.2) is 42.5 Å². The summed E-state index contributed by atoms with van der Waals surface area (Å²) in [5, 5.41) is 0. The molecular weight excluding hydrogens is 172 g/mol. The van der Waals surface area contributed by atoms with Crippen molar-refractivity contribution in [1.29, 1.82) is 0 Å². The Bertz CT molecular complexity index is 289. The molecule has 2 rings (SSSR count). The van der Waals surface area contributed by atoms with Gasteiger partial charge in [-0.25, -0.2) is 0 Å². The Balaban J connectivity index is 2.06. The van der Waals surface area contributed by atoms with Crippen molar-refractivity contribution in [2.45, 2.75) is 25.4 Å². The molecule has 1 aliphatic heterocycles. The predicted molar refractivity (Wildman–Crippen MR) is 58.1 cm³/mol. The van der Waals surface area contributed by atoms with Crippen LogP contribution in [0, 0.1) is 0 Å². The molecule has 14 heavy (non-hydrogen) atoms. The van der Waals surface area contributed by atoms with Gasteiger partial charge >= 0.3 is 0 Å². The second kappa shape index (κ2) is 4.97. The van der Waals surface area contributed by atoms with Crippen molar-refractivity contribution in [3.05, 3.63) is 48.0 Å². The van der Waals surface area contributed by atoms with Crippen molar-refractivity contribution in [3.8, 4) is 0 Å². The first kappa shape index (κ1) is 9.47. The number of allylic oxidation sites excluding steroid dienone is 1. The highest BCUT2D eigenvalue weighted by Gasteiger charge is 2.11. The van der Waals surface area contributed by atoms with E-state index in [0.29, 0.717) is 6.10 Å². The van der Waals surface area contributed by atoms with Crippen molar-refractivity contribution in [1.82, 2.24) is 0 Å². The fourth-order valence-corrected chi connectivity index (χ4v) is 1.78. The number of hydrogen-bond donors (Lipinski definition) is 0. The second-order valence-electron chi connectivity index (χ2n) is 3.61.